The molecular weight excluding hydrogens is 158 g/mol. The first kappa shape index (κ1) is 8.65. The molecule has 0 bridgehead atoms. The maximum Gasteiger partial charge on any atom is 0.250 e. The molecule has 0 spiro atoms. The number of carbonyl (C=O) groups excluding carboxylic acids is 1. The molecule has 2 nitrogen and oxygen atoms in total. The SMILES string of the molecule is CC1=C(C(=O)N(C)C)CCS1. The molecule has 1 aliphatic heterocycles. The van der Waals surface area contributed by atoms with E-state index in [0.29, 0.717) is 0 Å². The maximum atomic E-state index is 11.4. The van der Waals surface area contributed by atoms with Gasteiger partial charge in [-0.15, -0.1) is 11.8 Å². The summed E-state index contributed by atoms with van der Waals surface area (Å²) < 4.78 is 0. The number of nitrogens with zero attached hydrogens (tertiary/aromatic N) is 1. The second-order valence-electron chi connectivity index (χ2n) is 2.83. The molecule has 3 heteroatoms. The van der Waals surface area contributed by atoms with Gasteiger partial charge < -0.3 is 4.90 Å². The van der Waals surface area contributed by atoms with E-state index in [1.165, 1.54) is 4.91 Å². The summed E-state index contributed by atoms with van der Waals surface area (Å²) in [6, 6.07) is 0. The molecule has 0 aromatic heterocycles. The van der Waals surface area contributed by atoms with E-state index in [0.717, 1.165) is 17.7 Å². The molecule has 1 heterocycles. The standard InChI is InChI=1S/C8H13NOS/c1-6-7(4-5-11-6)8(10)9(2)3/h4-5H2,1-3H3. The highest BCUT2D eigenvalue weighted by atomic mass is 32.2. The van der Waals surface area contributed by atoms with Crippen molar-refractivity contribution in [2.45, 2.75) is 13.3 Å². The number of allylic oxidation sites excluding steroid dienone is 1. The van der Waals surface area contributed by atoms with E-state index < -0.39 is 0 Å². The van der Waals surface area contributed by atoms with Gasteiger partial charge in [-0.05, 0) is 18.2 Å². The highest BCUT2D eigenvalue weighted by Gasteiger charge is 2.19. The van der Waals surface area contributed by atoms with E-state index in [-0.39, 0.29) is 5.91 Å². The highest BCUT2D eigenvalue weighted by Crippen LogP contribution is 2.31. The molecule has 1 amide bonds. The van der Waals surface area contributed by atoms with E-state index in [1.807, 2.05) is 6.92 Å². The van der Waals surface area contributed by atoms with Crippen molar-refractivity contribution in [3.63, 3.8) is 0 Å². The van der Waals surface area contributed by atoms with Gasteiger partial charge >= 0.3 is 0 Å². The average molecular weight is 171 g/mol. The topological polar surface area (TPSA) is 20.3 Å². The zero-order valence-electron chi connectivity index (χ0n) is 7.18. The van der Waals surface area contributed by atoms with E-state index >= 15 is 0 Å². The van der Waals surface area contributed by atoms with Gasteiger partial charge in [0.2, 0.25) is 5.91 Å². The Morgan fingerprint density at radius 2 is 2.18 bits per heavy atom. The summed E-state index contributed by atoms with van der Waals surface area (Å²) in [7, 11) is 3.59. The van der Waals surface area contributed by atoms with Crippen LogP contribution in [0.15, 0.2) is 10.5 Å². The largest absolute Gasteiger partial charge is 0.345 e. The number of hydrogen-bond donors (Lipinski definition) is 0. The van der Waals surface area contributed by atoms with E-state index in [9.17, 15) is 4.79 Å². The van der Waals surface area contributed by atoms with Crippen molar-refractivity contribution >= 4 is 17.7 Å². The summed E-state index contributed by atoms with van der Waals surface area (Å²) in [5.41, 5.74) is 1.00. The van der Waals surface area contributed by atoms with Gasteiger partial charge in [-0.3, -0.25) is 4.79 Å². The van der Waals surface area contributed by atoms with Gasteiger partial charge in [0.15, 0.2) is 0 Å². The lowest BCUT2D eigenvalue weighted by Gasteiger charge is -2.10. The predicted molar refractivity (Wildman–Crippen MR) is 48.5 cm³/mol. The summed E-state index contributed by atoms with van der Waals surface area (Å²) in [6.45, 7) is 2.02. The summed E-state index contributed by atoms with van der Waals surface area (Å²) in [4.78, 5) is 14.3. The summed E-state index contributed by atoms with van der Waals surface area (Å²) in [5.74, 6) is 1.24. The van der Waals surface area contributed by atoms with Gasteiger partial charge in [-0.1, -0.05) is 0 Å². The summed E-state index contributed by atoms with van der Waals surface area (Å²) in [6.07, 6.45) is 0.938. The third-order valence-electron chi connectivity index (χ3n) is 1.76. The zero-order chi connectivity index (χ0) is 8.43. The molecule has 0 aromatic carbocycles. The lowest BCUT2D eigenvalue weighted by atomic mass is 10.2. The Kier molecular flexibility index (Phi) is 2.60. The molecule has 0 unspecified atom stereocenters. The Morgan fingerprint density at radius 1 is 1.55 bits per heavy atom. The first-order valence-electron chi connectivity index (χ1n) is 3.67. The van der Waals surface area contributed by atoms with Crippen molar-refractivity contribution in [1.82, 2.24) is 4.90 Å². The highest BCUT2D eigenvalue weighted by molar-refractivity contribution is 8.03. The van der Waals surface area contributed by atoms with Gasteiger partial charge in [0.1, 0.15) is 0 Å². The molecule has 0 N–H and O–H groups in total. The molecule has 1 rings (SSSR count). The van der Waals surface area contributed by atoms with Crippen molar-refractivity contribution in [2.24, 2.45) is 0 Å². The van der Waals surface area contributed by atoms with Crippen LogP contribution in [0.3, 0.4) is 0 Å². The first-order valence-corrected chi connectivity index (χ1v) is 4.65. The minimum absolute atomic E-state index is 0.174. The van der Waals surface area contributed by atoms with Gasteiger partial charge in [-0.2, -0.15) is 0 Å². The van der Waals surface area contributed by atoms with Crippen LogP contribution in [0, 0.1) is 0 Å². The second kappa shape index (κ2) is 3.30. The minimum Gasteiger partial charge on any atom is -0.345 e. The minimum atomic E-state index is 0.174. The van der Waals surface area contributed by atoms with Crippen molar-refractivity contribution in [2.75, 3.05) is 19.8 Å². The molecule has 11 heavy (non-hydrogen) atoms. The van der Waals surface area contributed by atoms with Crippen LogP contribution in [0.4, 0.5) is 0 Å². The number of rotatable bonds is 1. The summed E-state index contributed by atoms with van der Waals surface area (Å²) >= 11 is 1.78. The van der Waals surface area contributed by atoms with Crippen LogP contribution in [-0.4, -0.2) is 30.7 Å². The van der Waals surface area contributed by atoms with Gasteiger partial charge in [-0.25, -0.2) is 0 Å². The number of carbonyl (C=O) groups is 1. The Labute approximate surface area is 71.6 Å². The fourth-order valence-electron chi connectivity index (χ4n) is 1.10. The molecule has 0 atom stereocenters. The molecule has 0 saturated heterocycles. The fraction of sp³-hybridized carbons (Fsp3) is 0.625. The summed E-state index contributed by atoms with van der Waals surface area (Å²) in [5, 5.41) is 0. The molecule has 0 saturated carbocycles. The second-order valence-corrected chi connectivity index (χ2v) is 4.14. The number of thioether (sulfide) groups is 1. The van der Waals surface area contributed by atoms with Crippen molar-refractivity contribution in [3.8, 4) is 0 Å². The normalized spacial score (nSPS) is 17.4. The monoisotopic (exact) mass is 171 g/mol. The molecule has 0 aromatic rings. The smallest absolute Gasteiger partial charge is 0.250 e. The Morgan fingerprint density at radius 3 is 2.55 bits per heavy atom. The van der Waals surface area contributed by atoms with E-state index in [2.05, 4.69) is 0 Å². The van der Waals surface area contributed by atoms with Crippen LogP contribution in [-0.2, 0) is 4.79 Å². The molecule has 0 fully saturated rings. The predicted octanol–water partition coefficient (Wildman–Crippen LogP) is 1.49. The molecule has 62 valence electrons. The van der Waals surface area contributed by atoms with Crippen molar-refractivity contribution in [1.29, 1.82) is 0 Å². The number of hydrogen-bond acceptors (Lipinski definition) is 2. The van der Waals surface area contributed by atoms with Gasteiger partial charge in [0.05, 0.1) is 0 Å². The van der Waals surface area contributed by atoms with Crippen LogP contribution in [0.2, 0.25) is 0 Å². The quantitative estimate of drug-likeness (QED) is 0.595. The van der Waals surface area contributed by atoms with E-state index in [1.54, 1.807) is 30.8 Å². The van der Waals surface area contributed by atoms with Crippen LogP contribution in [0.1, 0.15) is 13.3 Å². The number of likely N-dealkylation sites (N-methyl/N-ethyl adjacent to an activating group) is 1. The maximum absolute atomic E-state index is 11.4. The van der Waals surface area contributed by atoms with Crippen LogP contribution < -0.4 is 0 Å². The first-order chi connectivity index (χ1) is 5.13. The molecule has 0 aliphatic carbocycles. The van der Waals surface area contributed by atoms with Gasteiger partial charge in [0, 0.05) is 25.4 Å². The Bertz CT molecular complexity index is 208. The lowest BCUT2D eigenvalue weighted by molar-refractivity contribution is -0.124. The van der Waals surface area contributed by atoms with Gasteiger partial charge in [0.25, 0.3) is 0 Å². The molecular formula is C8H13NOS. The average Bonchev–Trinajstić information content (AvgIpc) is 2.33. The third kappa shape index (κ3) is 1.77. The van der Waals surface area contributed by atoms with Crippen molar-refractivity contribution < 1.29 is 4.79 Å². The third-order valence-corrected chi connectivity index (χ3v) is 2.85. The van der Waals surface area contributed by atoms with Crippen LogP contribution >= 0.6 is 11.8 Å². The van der Waals surface area contributed by atoms with Crippen LogP contribution in [0.5, 0.6) is 0 Å². The number of amides is 1. The van der Waals surface area contributed by atoms with Crippen molar-refractivity contribution in [3.05, 3.63) is 10.5 Å². The fourth-order valence-corrected chi connectivity index (χ4v) is 2.07. The molecule has 1 aliphatic rings. The van der Waals surface area contributed by atoms with E-state index in [4.69, 9.17) is 0 Å². The lowest BCUT2D eigenvalue weighted by Crippen LogP contribution is -2.23. The molecule has 0 radical (unpaired) electrons. The zero-order valence-corrected chi connectivity index (χ0v) is 7.99. The Hall–Kier alpha value is -0.440. The van der Waals surface area contributed by atoms with Crippen LogP contribution in [0.25, 0.3) is 0 Å². The Balaban J connectivity index is 2.74.